The van der Waals surface area contributed by atoms with Gasteiger partial charge in [-0.2, -0.15) is 0 Å². The number of hydrogen-bond acceptors (Lipinski definition) is 1. The van der Waals surface area contributed by atoms with Gasteiger partial charge in [0.1, 0.15) is 0 Å². The molecule has 1 aliphatic heterocycles. The third-order valence-corrected chi connectivity index (χ3v) is 5.03. The maximum absolute atomic E-state index is 12.5. The summed E-state index contributed by atoms with van der Waals surface area (Å²) in [5, 5.41) is 0. The molecular formula is C6H9FInN. The topological polar surface area (TPSA) is 26.0 Å². The summed E-state index contributed by atoms with van der Waals surface area (Å²) in [5.41, 5.74) is 6.39. The number of allylic oxidation sites excluding steroid dienone is 1. The maximum atomic E-state index is 12.5. The van der Waals surface area contributed by atoms with Crippen LogP contribution in [0.15, 0.2) is 19.3 Å². The van der Waals surface area contributed by atoms with Crippen molar-refractivity contribution in [3.8, 4) is 0 Å². The van der Waals surface area contributed by atoms with E-state index in [0.29, 0.717) is 6.54 Å². The summed E-state index contributed by atoms with van der Waals surface area (Å²) in [5.74, 6) is 0. The van der Waals surface area contributed by atoms with Crippen molar-refractivity contribution in [1.82, 2.24) is 0 Å². The van der Waals surface area contributed by atoms with Gasteiger partial charge in [-0.1, -0.05) is 0 Å². The molecule has 0 aromatic carbocycles. The Balaban J connectivity index is 2.44. The molecule has 0 saturated heterocycles. The van der Waals surface area contributed by atoms with E-state index in [1.807, 2.05) is 6.08 Å². The number of hydrogen-bond donors (Lipinski definition) is 1. The average molecular weight is 229 g/mol. The van der Waals surface area contributed by atoms with E-state index in [-0.39, 0.29) is 0 Å². The summed E-state index contributed by atoms with van der Waals surface area (Å²) in [6.07, 6.45) is 2.72. The summed E-state index contributed by atoms with van der Waals surface area (Å²) in [6.45, 7) is 0.634. The quantitative estimate of drug-likeness (QED) is 0.746. The van der Waals surface area contributed by atoms with Crippen molar-refractivity contribution in [2.24, 2.45) is 5.73 Å². The third kappa shape index (κ3) is 2.14. The molecule has 0 atom stereocenters. The Bertz CT molecular complexity index is 153. The van der Waals surface area contributed by atoms with Gasteiger partial charge in [-0.3, -0.25) is 0 Å². The van der Waals surface area contributed by atoms with Gasteiger partial charge < -0.3 is 0 Å². The molecule has 0 radical (unpaired) electrons. The predicted octanol–water partition coefficient (Wildman–Crippen LogP) is 0.871. The molecule has 0 unspecified atom stereocenters. The van der Waals surface area contributed by atoms with E-state index in [0.717, 1.165) is 12.0 Å². The van der Waals surface area contributed by atoms with Crippen LogP contribution in [0.2, 0.25) is 0 Å². The summed E-state index contributed by atoms with van der Waals surface area (Å²) < 4.78 is 16.0. The molecule has 0 spiro atoms. The van der Waals surface area contributed by atoms with E-state index in [4.69, 9.17) is 5.73 Å². The molecule has 1 rings (SSSR count). The van der Waals surface area contributed by atoms with Crippen molar-refractivity contribution in [1.29, 1.82) is 0 Å². The fourth-order valence-corrected chi connectivity index (χ4v) is 4.37. The van der Waals surface area contributed by atoms with E-state index in [1.165, 1.54) is 0 Å². The Hall–Kier alpha value is 0.240. The van der Waals surface area contributed by atoms with E-state index in [9.17, 15) is 2.66 Å². The first kappa shape index (κ1) is 7.35. The Labute approximate surface area is 62.8 Å². The van der Waals surface area contributed by atoms with Crippen LogP contribution in [0, 0.1) is 0 Å². The van der Waals surface area contributed by atoms with Crippen molar-refractivity contribution in [3.63, 3.8) is 0 Å². The van der Waals surface area contributed by atoms with Crippen LogP contribution in [-0.4, -0.2) is 28.6 Å². The van der Waals surface area contributed by atoms with Crippen molar-refractivity contribution >= 4 is 22.0 Å². The molecule has 1 aliphatic rings. The second kappa shape index (κ2) is 3.42. The van der Waals surface area contributed by atoms with E-state index < -0.39 is 22.0 Å². The molecule has 0 aromatic heterocycles. The monoisotopic (exact) mass is 229 g/mol. The first-order chi connectivity index (χ1) is 4.33. The van der Waals surface area contributed by atoms with Gasteiger partial charge in [0.2, 0.25) is 0 Å². The Morgan fingerprint density at radius 2 is 2.44 bits per heavy atom. The standard InChI is InChI=1S/C6H9N.FH.In/c1-3-6(2)4-5-7;;/h1-3H,4-5,7H2;1H;/q;;+1/p-1. The molecular weight excluding hydrogens is 220 g/mol. The minimum absolute atomic E-state index is 0.634. The number of rotatable bonds is 2. The molecule has 9 heavy (non-hydrogen) atoms. The summed E-state index contributed by atoms with van der Waals surface area (Å²) in [7, 11) is 0. The SMILES string of the molecule is NCCC1=[CH][In]([F])[CH]=C1. The van der Waals surface area contributed by atoms with Gasteiger partial charge in [0.05, 0.1) is 0 Å². The second-order valence-electron chi connectivity index (χ2n) is 2.08. The Morgan fingerprint density at radius 3 is 2.89 bits per heavy atom. The Kier molecular flexibility index (Phi) is 2.79. The van der Waals surface area contributed by atoms with Crippen molar-refractivity contribution in [3.05, 3.63) is 19.3 Å². The van der Waals surface area contributed by atoms with Crippen molar-refractivity contribution in [2.75, 3.05) is 6.54 Å². The zero-order valence-electron chi connectivity index (χ0n) is 5.18. The first-order valence-electron chi connectivity index (χ1n) is 3.06. The molecule has 0 bridgehead atoms. The number of nitrogens with two attached hydrogens (primary N) is 1. The van der Waals surface area contributed by atoms with Gasteiger partial charge in [-0.05, 0) is 0 Å². The van der Waals surface area contributed by atoms with Gasteiger partial charge in [0, 0.05) is 0 Å². The first-order valence-corrected chi connectivity index (χ1v) is 8.11. The van der Waals surface area contributed by atoms with Crippen LogP contribution in [0.4, 0.5) is 2.66 Å². The molecule has 1 heterocycles. The van der Waals surface area contributed by atoms with Crippen LogP contribution in [0.25, 0.3) is 0 Å². The van der Waals surface area contributed by atoms with Crippen LogP contribution >= 0.6 is 0 Å². The molecule has 0 aromatic rings. The molecule has 3 heteroatoms. The van der Waals surface area contributed by atoms with E-state index in [1.54, 1.807) is 7.67 Å². The predicted molar refractivity (Wildman–Crippen MR) is 37.8 cm³/mol. The second-order valence-corrected chi connectivity index (χ2v) is 6.67. The van der Waals surface area contributed by atoms with Crippen LogP contribution < -0.4 is 5.73 Å². The van der Waals surface area contributed by atoms with E-state index in [2.05, 4.69) is 0 Å². The van der Waals surface area contributed by atoms with Gasteiger partial charge in [-0.15, -0.1) is 0 Å². The molecule has 0 fully saturated rings. The number of halogens is 1. The van der Waals surface area contributed by atoms with Gasteiger partial charge in [0.25, 0.3) is 0 Å². The Morgan fingerprint density at radius 1 is 1.67 bits per heavy atom. The van der Waals surface area contributed by atoms with Gasteiger partial charge in [0.15, 0.2) is 0 Å². The molecule has 1 nitrogen and oxygen atoms in total. The summed E-state index contributed by atoms with van der Waals surface area (Å²) in [4.78, 5) is 0. The van der Waals surface area contributed by atoms with Crippen molar-refractivity contribution < 1.29 is 2.66 Å². The minimum atomic E-state index is -2.64. The van der Waals surface area contributed by atoms with Crippen LogP contribution in [0.1, 0.15) is 6.42 Å². The normalized spacial score (nSPS) is 16.7. The van der Waals surface area contributed by atoms with Crippen molar-refractivity contribution in [2.45, 2.75) is 6.42 Å². The third-order valence-electron chi connectivity index (χ3n) is 1.30. The van der Waals surface area contributed by atoms with Gasteiger partial charge >= 0.3 is 62.7 Å². The molecule has 0 aliphatic carbocycles. The fourth-order valence-electron chi connectivity index (χ4n) is 0.864. The zero-order valence-corrected chi connectivity index (χ0v) is 8.47. The van der Waals surface area contributed by atoms with Crippen LogP contribution in [-0.2, 0) is 0 Å². The average Bonchev–Trinajstić information content (AvgIpc) is 2.17. The molecule has 0 amide bonds. The molecule has 2 N–H and O–H groups in total. The summed E-state index contributed by atoms with van der Waals surface area (Å²) >= 11 is -2.64. The van der Waals surface area contributed by atoms with Crippen LogP contribution in [0.3, 0.4) is 0 Å². The van der Waals surface area contributed by atoms with Gasteiger partial charge in [-0.25, -0.2) is 0 Å². The summed E-state index contributed by atoms with van der Waals surface area (Å²) in [6, 6.07) is 0. The molecule has 0 saturated carbocycles. The van der Waals surface area contributed by atoms with E-state index >= 15 is 0 Å². The zero-order chi connectivity index (χ0) is 6.69. The molecule has 48 valence electrons. The fraction of sp³-hybridized carbons (Fsp3) is 0.333. The van der Waals surface area contributed by atoms with Crippen LogP contribution in [0.5, 0.6) is 0 Å².